The molecule has 0 atom stereocenters. The van der Waals surface area contributed by atoms with Crippen LogP contribution < -0.4 is 15.5 Å². The van der Waals surface area contributed by atoms with Crippen LogP contribution in [-0.2, 0) is 27.6 Å². The van der Waals surface area contributed by atoms with E-state index in [1.165, 1.54) is 30.0 Å². The van der Waals surface area contributed by atoms with Gasteiger partial charge in [0, 0.05) is 11.6 Å². The second-order valence-corrected chi connectivity index (χ2v) is 10.1. The number of amides is 1. The Bertz CT molecular complexity index is 1570. The maximum Gasteiger partial charge on any atom is 0.244 e. The molecule has 7 nitrogen and oxygen atoms in total. The highest BCUT2D eigenvalue weighted by Gasteiger charge is 2.24. The maximum atomic E-state index is 13.5. The van der Waals surface area contributed by atoms with Crippen LogP contribution in [0.5, 0.6) is 5.75 Å². The van der Waals surface area contributed by atoms with Crippen molar-refractivity contribution in [3.63, 3.8) is 0 Å². The predicted octanol–water partition coefficient (Wildman–Crippen LogP) is 4.35. The minimum atomic E-state index is -4.11. The molecule has 0 aliphatic rings. The van der Waals surface area contributed by atoms with Gasteiger partial charge in [-0.05, 0) is 55.3 Å². The van der Waals surface area contributed by atoms with E-state index in [9.17, 15) is 18.0 Å². The van der Waals surface area contributed by atoms with Gasteiger partial charge >= 0.3 is 0 Å². The second-order valence-electron chi connectivity index (χ2n) is 8.22. The van der Waals surface area contributed by atoms with E-state index in [2.05, 4.69) is 5.32 Å². The molecule has 0 radical (unpaired) electrons. The summed E-state index contributed by atoms with van der Waals surface area (Å²) in [5.41, 5.74) is 2.16. The van der Waals surface area contributed by atoms with Crippen molar-refractivity contribution < 1.29 is 17.9 Å². The number of carbonyl (C=O) groups is 1. The van der Waals surface area contributed by atoms with Gasteiger partial charge in [0.25, 0.3) is 0 Å². The summed E-state index contributed by atoms with van der Waals surface area (Å²) in [4.78, 5) is 25.9. The zero-order valence-corrected chi connectivity index (χ0v) is 20.6. The number of rotatable bonds is 7. The van der Waals surface area contributed by atoms with Crippen LogP contribution in [0.3, 0.4) is 0 Å². The minimum Gasteiger partial charge on any atom is -0.495 e. The molecule has 1 amide bonds. The Morgan fingerprint density at radius 3 is 2.43 bits per heavy atom. The number of anilines is 1. The topological polar surface area (TPSA) is 94.5 Å². The van der Waals surface area contributed by atoms with E-state index in [0.29, 0.717) is 17.0 Å². The molecule has 1 N–H and O–H groups in total. The van der Waals surface area contributed by atoms with Gasteiger partial charge in [-0.2, -0.15) is 0 Å². The van der Waals surface area contributed by atoms with Crippen molar-refractivity contribution in [3.8, 4) is 5.75 Å². The Labute approximate surface area is 203 Å². The number of pyridine rings is 1. The number of carbonyl (C=O) groups excluding carboxylic acids is 1. The van der Waals surface area contributed by atoms with Crippen molar-refractivity contribution in [2.75, 3.05) is 12.4 Å². The zero-order valence-electron chi connectivity index (χ0n) is 19.7. The van der Waals surface area contributed by atoms with E-state index in [1.54, 1.807) is 48.5 Å². The standard InChI is InChI=1S/C27H26N2O5S/c1-4-19-10-12-20(13-11-19)35(32,33)25-16-29(23-14-9-18(2)15-21(23)27(25)31)17-26(30)28-22-7-5-6-8-24(22)34-3/h5-16H,4,17H2,1-3H3,(H,28,30). The molecule has 0 saturated carbocycles. The lowest BCUT2D eigenvalue weighted by Gasteiger charge is -2.15. The first-order valence-corrected chi connectivity index (χ1v) is 12.6. The molecule has 0 aliphatic heterocycles. The van der Waals surface area contributed by atoms with E-state index < -0.39 is 21.2 Å². The third-order valence-electron chi connectivity index (χ3n) is 5.83. The highest BCUT2D eigenvalue weighted by atomic mass is 32.2. The fraction of sp³-hybridized carbons (Fsp3) is 0.185. The van der Waals surface area contributed by atoms with E-state index in [1.807, 2.05) is 19.9 Å². The first-order valence-electron chi connectivity index (χ1n) is 11.1. The molecule has 1 heterocycles. The van der Waals surface area contributed by atoms with Crippen molar-refractivity contribution in [2.45, 2.75) is 36.6 Å². The van der Waals surface area contributed by atoms with Crippen molar-refractivity contribution in [1.29, 1.82) is 0 Å². The Hall–Kier alpha value is -3.91. The average Bonchev–Trinajstić information content (AvgIpc) is 2.86. The number of benzene rings is 3. The molecule has 8 heteroatoms. The van der Waals surface area contributed by atoms with Crippen molar-refractivity contribution in [3.05, 3.63) is 94.3 Å². The number of nitrogens with zero attached hydrogens (tertiary/aromatic N) is 1. The van der Waals surface area contributed by atoms with Crippen LogP contribution in [0, 0.1) is 6.92 Å². The predicted molar refractivity (Wildman–Crippen MR) is 136 cm³/mol. The molecule has 0 saturated heterocycles. The van der Waals surface area contributed by atoms with Crippen molar-refractivity contribution in [1.82, 2.24) is 4.57 Å². The van der Waals surface area contributed by atoms with E-state index >= 15 is 0 Å². The Kier molecular flexibility index (Phi) is 6.75. The normalized spacial score (nSPS) is 11.4. The molecule has 180 valence electrons. The minimum absolute atomic E-state index is 0.0313. The van der Waals surface area contributed by atoms with Gasteiger partial charge in [-0.15, -0.1) is 0 Å². The fourth-order valence-corrected chi connectivity index (χ4v) is 5.30. The average molecular weight is 491 g/mol. The van der Waals surface area contributed by atoms with Gasteiger partial charge in [0.15, 0.2) is 0 Å². The van der Waals surface area contributed by atoms with Gasteiger partial charge in [-0.25, -0.2) is 8.42 Å². The maximum absolute atomic E-state index is 13.5. The summed E-state index contributed by atoms with van der Waals surface area (Å²) >= 11 is 0. The number of hydrogen-bond acceptors (Lipinski definition) is 5. The molecular formula is C27H26N2O5S. The number of fused-ring (bicyclic) bond motifs is 1. The Morgan fingerprint density at radius 2 is 1.74 bits per heavy atom. The molecule has 0 fully saturated rings. The van der Waals surface area contributed by atoms with Crippen molar-refractivity contribution in [2.24, 2.45) is 0 Å². The highest BCUT2D eigenvalue weighted by molar-refractivity contribution is 7.91. The van der Waals surface area contributed by atoms with Gasteiger partial charge < -0.3 is 14.6 Å². The molecular weight excluding hydrogens is 464 g/mol. The number of sulfone groups is 1. The Balaban J connectivity index is 1.81. The lowest BCUT2D eigenvalue weighted by molar-refractivity contribution is -0.116. The SMILES string of the molecule is CCc1ccc(S(=O)(=O)c2cn(CC(=O)Nc3ccccc3OC)c3ccc(C)cc3c2=O)cc1. The summed E-state index contributed by atoms with van der Waals surface area (Å²) in [6.45, 7) is 3.60. The number of aromatic nitrogens is 1. The van der Waals surface area contributed by atoms with Gasteiger partial charge in [0.05, 0.1) is 23.2 Å². The summed E-state index contributed by atoms with van der Waals surface area (Å²) in [5.74, 6) is 0.107. The molecule has 0 aliphatic carbocycles. The van der Waals surface area contributed by atoms with Gasteiger partial charge in [-0.3, -0.25) is 9.59 Å². The van der Waals surface area contributed by atoms with E-state index in [-0.39, 0.29) is 21.7 Å². The quantitative estimate of drug-likeness (QED) is 0.416. The number of aryl methyl sites for hydroxylation is 2. The van der Waals surface area contributed by atoms with Gasteiger partial charge in [0.1, 0.15) is 17.2 Å². The van der Waals surface area contributed by atoms with Gasteiger partial charge in [-0.1, -0.05) is 42.8 Å². The number of hydrogen-bond donors (Lipinski definition) is 1. The largest absolute Gasteiger partial charge is 0.495 e. The van der Waals surface area contributed by atoms with E-state index in [4.69, 9.17) is 4.74 Å². The van der Waals surface area contributed by atoms with Crippen LogP contribution in [0.25, 0.3) is 10.9 Å². The van der Waals surface area contributed by atoms with Crippen LogP contribution in [-0.4, -0.2) is 26.0 Å². The third kappa shape index (κ3) is 4.83. The summed E-state index contributed by atoms with van der Waals surface area (Å²) in [5, 5.41) is 3.03. The number of para-hydroxylation sites is 2. The Morgan fingerprint density at radius 1 is 1.03 bits per heavy atom. The molecule has 1 aromatic heterocycles. The molecule has 0 bridgehead atoms. The van der Waals surface area contributed by atoms with Crippen molar-refractivity contribution >= 4 is 32.3 Å². The van der Waals surface area contributed by atoms with Gasteiger partial charge in [0.2, 0.25) is 21.2 Å². The number of ether oxygens (including phenoxy) is 1. The number of methoxy groups -OCH3 is 1. The summed E-state index contributed by atoms with van der Waals surface area (Å²) in [7, 11) is -2.61. The first-order chi connectivity index (χ1) is 16.7. The lowest BCUT2D eigenvalue weighted by atomic mass is 10.1. The monoisotopic (exact) mass is 490 g/mol. The van der Waals surface area contributed by atoms with Crippen LogP contribution in [0.2, 0.25) is 0 Å². The molecule has 0 spiro atoms. The third-order valence-corrected chi connectivity index (χ3v) is 7.59. The molecule has 4 aromatic rings. The zero-order chi connectivity index (χ0) is 25.2. The smallest absolute Gasteiger partial charge is 0.244 e. The second kappa shape index (κ2) is 9.76. The number of nitrogens with one attached hydrogen (secondary N) is 1. The highest BCUT2D eigenvalue weighted by Crippen LogP contribution is 2.25. The lowest BCUT2D eigenvalue weighted by Crippen LogP contribution is -2.24. The van der Waals surface area contributed by atoms with Crippen LogP contribution in [0.1, 0.15) is 18.1 Å². The van der Waals surface area contributed by atoms with Crippen LogP contribution in [0.15, 0.2) is 87.5 Å². The van der Waals surface area contributed by atoms with Crippen LogP contribution in [0.4, 0.5) is 5.69 Å². The summed E-state index contributed by atoms with van der Waals surface area (Å²) in [6, 6.07) is 18.6. The van der Waals surface area contributed by atoms with Crippen LogP contribution >= 0.6 is 0 Å². The molecule has 4 rings (SSSR count). The fourth-order valence-electron chi connectivity index (χ4n) is 3.93. The summed E-state index contributed by atoms with van der Waals surface area (Å²) < 4.78 is 33.7. The summed E-state index contributed by atoms with van der Waals surface area (Å²) in [6.07, 6.45) is 2.02. The molecule has 0 unspecified atom stereocenters. The molecule has 3 aromatic carbocycles. The molecule has 35 heavy (non-hydrogen) atoms. The van der Waals surface area contributed by atoms with E-state index in [0.717, 1.165) is 17.5 Å². The first kappa shape index (κ1) is 24.2.